The summed E-state index contributed by atoms with van der Waals surface area (Å²) < 4.78 is 2.12. The Morgan fingerprint density at radius 2 is 1.95 bits per heavy atom. The molecule has 108 valence electrons. The van der Waals surface area contributed by atoms with Crippen LogP contribution < -0.4 is 11.3 Å². The Kier molecular flexibility index (Phi) is 4.28. The Labute approximate surface area is 116 Å². The van der Waals surface area contributed by atoms with Crippen molar-refractivity contribution in [2.24, 2.45) is 12.9 Å². The molecule has 1 saturated heterocycles. The topological polar surface area (TPSA) is 59.1 Å². The van der Waals surface area contributed by atoms with E-state index in [1.54, 1.807) is 0 Å². The van der Waals surface area contributed by atoms with E-state index in [0.717, 1.165) is 24.6 Å². The van der Waals surface area contributed by atoms with E-state index in [4.69, 9.17) is 5.84 Å². The molecule has 2 heterocycles. The van der Waals surface area contributed by atoms with Crippen molar-refractivity contribution in [1.29, 1.82) is 0 Å². The van der Waals surface area contributed by atoms with Gasteiger partial charge in [0.25, 0.3) is 0 Å². The summed E-state index contributed by atoms with van der Waals surface area (Å²) in [4.78, 5) is 6.94. The highest BCUT2D eigenvalue weighted by molar-refractivity contribution is 5.15. The minimum Gasteiger partial charge on any atom is -0.334 e. The zero-order chi connectivity index (χ0) is 14.0. The quantitative estimate of drug-likeness (QED) is 0.640. The molecule has 0 radical (unpaired) electrons. The zero-order valence-electron chi connectivity index (χ0n) is 12.6. The molecule has 0 aromatic carbocycles. The lowest BCUT2D eigenvalue weighted by molar-refractivity contribution is 0.0585. The Bertz CT molecular complexity index is 417. The van der Waals surface area contributed by atoms with Crippen LogP contribution in [-0.2, 0) is 7.05 Å². The molecule has 19 heavy (non-hydrogen) atoms. The van der Waals surface area contributed by atoms with E-state index in [9.17, 15) is 0 Å². The number of aromatic nitrogens is 2. The number of hydrazine groups is 1. The van der Waals surface area contributed by atoms with Crippen molar-refractivity contribution < 1.29 is 0 Å². The molecule has 5 nitrogen and oxygen atoms in total. The molecule has 0 amide bonds. The molecule has 1 aromatic rings. The van der Waals surface area contributed by atoms with Gasteiger partial charge in [0.1, 0.15) is 5.82 Å². The summed E-state index contributed by atoms with van der Waals surface area (Å²) in [6, 6.07) is 0.0804. The zero-order valence-corrected chi connectivity index (χ0v) is 12.6. The second-order valence-electron chi connectivity index (χ2n) is 6.09. The fourth-order valence-corrected chi connectivity index (χ4v) is 3.09. The number of imidazole rings is 1. The van der Waals surface area contributed by atoms with Crippen LogP contribution in [0.5, 0.6) is 0 Å². The lowest BCUT2D eigenvalue weighted by Crippen LogP contribution is -2.56. The maximum Gasteiger partial charge on any atom is 0.105 e. The van der Waals surface area contributed by atoms with Gasteiger partial charge in [0.2, 0.25) is 0 Å². The third-order valence-electron chi connectivity index (χ3n) is 4.60. The number of nitrogens with two attached hydrogens (primary N) is 1. The number of hydrogen-bond acceptors (Lipinski definition) is 4. The van der Waals surface area contributed by atoms with Crippen molar-refractivity contribution in [3.63, 3.8) is 0 Å². The van der Waals surface area contributed by atoms with Gasteiger partial charge in [0.05, 0.1) is 17.9 Å². The first-order valence-electron chi connectivity index (χ1n) is 7.18. The highest BCUT2D eigenvalue weighted by Gasteiger charge is 2.37. The van der Waals surface area contributed by atoms with Gasteiger partial charge in [-0.05, 0) is 46.7 Å². The molecule has 3 N–H and O–H groups in total. The Hall–Kier alpha value is -0.910. The van der Waals surface area contributed by atoms with Gasteiger partial charge in [-0.3, -0.25) is 10.7 Å². The van der Waals surface area contributed by atoms with E-state index >= 15 is 0 Å². The summed E-state index contributed by atoms with van der Waals surface area (Å²) in [7, 11) is 2.05. The van der Waals surface area contributed by atoms with Crippen LogP contribution in [0.1, 0.15) is 50.7 Å². The molecular weight excluding hydrogens is 238 g/mol. The average Bonchev–Trinajstić information content (AvgIpc) is 2.73. The van der Waals surface area contributed by atoms with Gasteiger partial charge in [-0.2, -0.15) is 0 Å². The Morgan fingerprint density at radius 3 is 2.42 bits per heavy atom. The number of nitrogens with one attached hydrogen (secondary N) is 1. The van der Waals surface area contributed by atoms with Crippen LogP contribution in [0.4, 0.5) is 0 Å². The first-order valence-corrected chi connectivity index (χ1v) is 7.18. The number of piperidine rings is 1. The van der Waals surface area contributed by atoms with Gasteiger partial charge in [0.15, 0.2) is 0 Å². The lowest BCUT2D eigenvalue weighted by Gasteiger charge is -2.45. The molecule has 1 aromatic heterocycles. The number of likely N-dealkylation sites (tertiary alicyclic amines) is 1. The third-order valence-corrected chi connectivity index (χ3v) is 4.60. The molecule has 0 bridgehead atoms. The van der Waals surface area contributed by atoms with Crippen LogP contribution in [0, 0.1) is 6.92 Å². The monoisotopic (exact) mass is 265 g/mol. The van der Waals surface area contributed by atoms with Gasteiger partial charge >= 0.3 is 0 Å². The van der Waals surface area contributed by atoms with Gasteiger partial charge < -0.3 is 4.57 Å². The summed E-state index contributed by atoms with van der Waals surface area (Å²) in [5, 5.41) is 0. The van der Waals surface area contributed by atoms with E-state index in [-0.39, 0.29) is 11.6 Å². The van der Waals surface area contributed by atoms with Crippen LogP contribution in [0.15, 0.2) is 6.20 Å². The van der Waals surface area contributed by atoms with E-state index in [1.165, 1.54) is 19.3 Å². The van der Waals surface area contributed by atoms with Gasteiger partial charge in [-0.15, -0.1) is 0 Å². The molecule has 1 aliphatic rings. The van der Waals surface area contributed by atoms with E-state index in [0.29, 0.717) is 0 Å². The van der Waals surface area contributed by atoms with E-state index in [2.05, 4.69) is 33.7 Å². The summed E-state index contributed by atoms with van der Waals surface area (Å²) in [6.07, 6.45) is 5.85. The summed E-state index contributed by atoms with van der Waals surface area (Å²) in [5.74, 6) is 6.88. The lowest BCUT2D eigenvalue weighted by atomic mass is 9.88. The largest absolute Gasteiger partial charge is 0.334 e. The first kappa shape index (κ1) is 14.5. The first-order chi connectivity index (χ1) is 8.98. The number of aryl methyl sites for hydroxylation is 1. The Balaban J connectivity index is 2.26. The summed E-state index contributed by atoms with van der Waals surface area (Å²) in [6.45, 7) is 8.87. The minimum absolute atomic E-state index is 0.0184. The molecular formula is C14H27N5. The van der Waals surface area contributed by atoms with E-state index in [1.807, 2.05) is 20.2 Å². The van der Waals surface area contributed by atoms with Gasteiger partial charge in [-0.25, -0.2) is 10.4 Å². The SMILES string of the molecule is Cc1ncc(C(NN)C(C)(C)N2CCCCC2)n1C. The van der Waals surface area contributed by atoms with Crippen molar-refractivity contribution in [3.05, 3.63) is 17.7 Å². The second-order valence-corrected chi connectivity index (χ2v) is 6.09. The maximum absolute atomic E-state index is 5.86. The molecule has 0 saturated carbocycles. The van der Waals surface area contributed by atoms with Gasteiger partial charge in [0, 0.05) is 12.6 Å². The summed E-state index contributed by atoms with van der Waals surface area (Å²) >= 11 is 0. The predicted octanol–water partition coefficient (Wildman–Crippen LogP) is 1.50. The average molecular weight is 265 g/mol. The van der Waals surface area contributed by atoms with Gasteiger partial charge in [-0.1, -0.05) is 6.42 Å². The molecule has 1 fully saturated rings. The minimum atomic E-state index is -0.0184. The fourth-order valence-electron chi connectivity index (χ4n) is 3.09. The molecule has 0 aliphatic carbocycles. The maximum atomic E-state index is 5.86. The van der Waals surface area contributed by atoms with Crippen LogP contribution in [-0.4, -0.2) is 33.1 Å². The molecule has 1 atom stereocenters. The van der Waals surface area contributed by atoms with E-state index < -0.39 is 0 Å². The molecule has 5 heteroatoms. The van der Waals surface area contributed by atoms with Crippen LogP contribution in [0.2, 0.25) is 0 Å². The van der Waals surface area contributed by atoms with Crippen molar-refractivity contribution >= 4 is 0 Å². The van der Waals surface area contributed by atoms with Crippen molar-refractivity contribution in [2.45, 2.75) is 51.6 Å². The standard InChI is InChI=1S/C14H27N5/c1-11-16-10-12(18(11)4)13(17-15)14(2,3)19-8-6-5-7-9-19/h10,13,17H,5-9,15H2,1-4H3. The highest BCUT2D eigenvalue weighted by atomic mass is 15.3. The van der Waals surface area contributed by atoms with Crippen molar-refractivity contribution in [2.75, 3.05) is 13.1 Å². The van der Waals surface area contributed by atoms with Crippen molar-refractivity contribution in [1.82, 2.24) is 19.9 Å². The smallest absolute Gasteiger partial charge is 0.105 e. The highest BCUT2D eigenvalue weighted by Crippen LogP contribution is 2.32. The molecule has 1 aliphatic heterocycles. The third kappa shape index (κ3) is 2.68. The fraction of sp³-hybridized carbons (Fsp3) is 0.786. The van der Waals surface area contributed by atoms with Crippen LogP contribution in [0.3, 0.4) is 0 Å². The Morgan fingerprint density at radius 1 is 1.32 bits per heavy atom. The predicted molar refractivity (Wildman–Crippen MR) is 77.5 cm³/mol. The number of rotatable bonds is 4. The summed E-state index contributed by atoms with van der Waals surface area (Å²) in [5.41, 5.74) is 4.14. The second kappa shape index (κ2) is 5.61. The molecule has 2 rings (SSSR count). The van der Waals surface area contributed by atoms with Crippen LogP contribution in [0.25, 0.3) is 0 Å². The number of nitrogens with zero attached hydrogens (tertiary/aromatic N) is 3. The molecule has 0 spiro atoms. The van der Waals surface area contributed by atoms with Crippen LogP contribution >= 0.6 is 0 Å². The van der Waals surface area contributed by atoms with Crippen molar-refractivity contribution in [3.8, 4) is 0 Å². The molecule has 1 unspecified atom stereocenters. The normalized spacial score (nSPS) is 19.6. The number of hydrogen-bond donors (Lipinski definition) is 2.